The molecule has 0 radical (unpaired) electrons. The molecule has 0 aliphatic heterocycles. The first kappa shape index (κ1) is 12.7. The van der Waals surface area contributed by atoms with Gasteiger partial charge in [0.15, 0.2) is 5.76 Å². The lowest BCUT2D eigenvalue weighted by atomic mass is 10.2. The SMILES string of the molecule is Brc1ccc(OCc2ccno2)cc1CNC1CC1. The number of hydrogen-bond donors (Lipinski definition) is 1. The van der Waals surface area contributed by atoms with E-state index in [0.717, 1.165) is 22.5 Å². The van der Waals surface area contributed by atoms with E-state index in [-0.39, 0.29) is 0 Å². The zero-order valence-corrected chi connectivity index (χ0v) is 12.0. The maximum atomic E-state index is 5.69. The van der Waals surface area contributed by atoms with Crippen molar-refractivity contribution in [2.75, 3.05) is 0 Å². The van der Waals surface area contributed by atoms with Crippen LogP contribution in [0, 0.1) is 0 Å². The molecule has 1 aliphatic rings. The highest BCUT2D eigenvalue weighted by atomic mass is 79.9. The fourth-order valence-electron chi connectivity index (χ4n) is 1.79. The molecule has 1 N–H and O–H groups in total. The van der Waals surface area contributed by atoms with Crippen LogP contribution in [0.5, 0.6) is 5.75 Å². The molecule has 0 spiro atoms. The molecule has 0 atom stereocenters. The molecular weight excluding hydrogens is 308 g/mol. The molecule has 19 heavy (non-hydrogen) atoms. The van der Waals surface area contributed by atoms with Crippen molar-refractivity contribution >= 4 is 15.9 Å². The standard InChI is InChI=1S/C14H15BrN2O2/c15-14-4-3-12(18-9-13-5-6-17-19-13)7-10(14)8-16-11-1-2-11/h3-7,11,16H,1-2,8-9H2. The van der Waals surface area contributed by atoms with E-state index in [9.17, 15) is 0 Å². The van der Waals surface area contributed by atoms with Gasteiger partial charge >= 0.3 is 0 Å². The van der Waals surface area contributed by atoms with Gasteiger partial charge in [0.05, 0.1) is 6.20 Å². The molecule has 1 saturated carbocycles. The second kappa shape index (κ2) is 5.75. The Morgan fingerprint density at radius 3 is 3.00 bits per heavy atom. The van der Waals surface area contributed by atoms with Crippen LogP contribution >= 0.6 is 15.9 Å². The summed E-state index contributed by atoms with van der Waals surface area (Å²) >= 11 is 3.57. The van der Waals surface area contributed by atoms with Gasteiger partial charge in [0.2, 0.25) is 0 Å². The molecular formula is C14H15BrN2O2. The van der Waals surface area contributed by atoms with Crippen LogP contribution < -0.4 is 10.1 Å². The molecule has 0 amide bonds. The van der Waals surface area contributed by atoms with Crippen molar-refractivity contribution in [1.82, 2.24) is 10.5 Å². The summed E-state index contributed by atoms with van der Waals surface area (Å²) in [6, 6.07) is 8.51. The van der Waals surface area contributed by atoms with E-state index in [1.165, 1.54) is 18.4 Å². The first-order valence-electron chi connectivity index (χ1n) is 6.35. The highest BCUT2D eigenvalue weighted by Crippen LogP contribution is 2.25. The Hall–Kier alpha value is -1.33. The quantitative estimate of drug-likeness (QED) is 0.886. The maximum Gasteiger partial charge on any atom is 0.174 e. The smallest absolute Gasteiger partial charge is 0.174 e. The van der Waals surface area contributed by atoms with E-state index in [1.54, 1.807) is 12.3 Å². The Morgan fingerprint density at radius 2 is 2.26 bits per heavy atom. The number of rotatable bonds is 6. The highest BCUT2D eigenvalue weighted by Gasteiger charge is 2.20. The summed E-state index contributed by atoms with van der Waals surface area (Å²) in [6.45, 7) is 1.27. The van der Waals surface area contributed by atoms with E-state index >= 15 is 0 Å². The molecule has 1 fully saturated rings. The number of halogens is 1. The number of aromatic nitrogens is 1. The summed E-state index contributed by atoms with van der Waals surface area (Å²) in [5.41, 5.74) is 1.21. The minimum atomic E-state index is 0.400. The Labute approximate surface area is 120 Å². The van der Waals surface area contributed by atoms with Crippen molar-refractivity contribution in [1.29, 1.82) is 0 Å². The average Bonchev–Trinajstić information content (AvgIpc) is 3.10. The van der Waals surface area contributed by atoms with E-state index in [4.69, 9.17) is 9.26 Å². The lowest BCUT2D eigenvalue weighted by Gasteiger charge is -2.09. The largest absolute Gasteiger partial charge is 0.486 e. The lowest BCUT2D eigenvalue weighted by molar-refractivity contribution is 0.249. The third-order valence-electron chi connectivity index (χ3n) is 3.05. The van der Waals surface area contributed by atoms with Crippen LogP contribution in [0.4, 0.5) is 0 Å². The maximum absolute atomic E-state index is 5.69. The molecule has 0 bridgehead atoms. The van der Waals surface area contributed by atoms with Gasteiger partial charge in [-0.15, -0.1) is 0 Å². The van der Waals surface area contributed by atoms with Crippen molar-refractivity contribution < 1.29 is 9.26 Å². The molecule has 100 valence electrons. The Morgan fingerprint density at radius 1 is 1.37 bits per heavy atom. The number of hydrogen-bond acceptors (Lipinski definition) is 4. The number of nitrogens with one attached hydrogen (secondary N) is 1. The molecule has 3 rings (SSSR count). The summed E-state index contributed by atoms with van der Waals surface area (Å²) in [5.74, 6) is 1.56. The van der Waals surface area contributed by atoms with Gasteiger partial charge in [-0.25, -0.2) is 0 Å². The predicted octanol–water partition coefficient (Wildman–Crippen LogP) is 3.27. The van der Waals surface area contributed by atoms with E-state index < -0.39 is 0 Å². The van der Waals surface area contributed by atoms with E-state index in [0.29, 0.717) is 12.6 Å². The van der Waals surface area contributed by atoms with Crippen LogP contribution in [-0.2, 0) is 13.2 Å². The lowest BCUT2D eigenvalue weighted by Crippen LogP contribution is -2.15. The minimum Gasteiger partial charge on any atom is -0.486 e. The average molecular weight is 323 g/mol. The van der Waals surface area contributed by atoms with Gasteiger partial charge < -0.3 is 14.6 Å². The van der Waals surface area contributed by atoms with Gasteiger partial charge in [0.25, 0.3) is 0 Å². The Kier molecular flexibility index (Phi) is 3.84. The van der Waals surface area contributed by atoms with Crippen LogP contribution in [0.25, 0.3) is 0 Å². The molecule has 0 unspecified atom stereocenters. The van der Waals surface area contributed by atoms with E-state index in [1.807, 2.05) is 12.1 Å². The summed E-state index contributed by atoms with van der Waals surface area (Å²) in [7, 11) is 0. The van der Waals surface area contributed by atoms with Gasteiger partial charge in [0.1, 0.15) is 12.4 Å². The van der Waals surface area contributed by atoms with Gasteiger partial charge in [-0.1, -0.05) is 21.1 Å². The van der Waals surface area contributed by atoms with Crippen LogP contribution in [-0.4, -0.2) is 11.2 Å². The van der Waals surface area contributed by atoms with Crippen molar-refractivity contribution in [2.45, 2.75) is 32.0 Å². The summed E-state index contributed by atoms with van der Waals surface area (Å²) in [5, 5.41) is 7.15. The van der Waals surface area contributed by atoms with Crippen molar-refractivity contribution in [3.8, 4) is 5.75 Å². The van der Waals surface area contributed by atoms with Crippen LogP contribution in [0.1, 0.15) is 24.2 Å². The molecule has 2 aromatic rings. The second-order valence-electron chi connectivity index (χ2n) is 4.68. The number of benzene rings is 1. The van der Waals surface area contributed by atoms with Crippen LogP contribution in [0.15, 0.2) is 39.5 Å². The number of nitrogens with zero attached hydrogens (tertiary/aromatic N) is 1. The molecule has 1 heterocycles. The fourth-order valence-corrected chi connectivity index (χ4v) is 2.18. The summed E-state index contributed by atoms with van der Waals surface area (Å²) < 4.78 is 11.8. The number of ether oxygens (including phenoxy) is 1. The first-order chi connectivity index (χ1) is 9.31. The normalized spacial score (nSPS) is 14.6. The van der Waals surface area contributed by atoms with Crippen LogP contribution in [0.3, 0.4) is 0 Å². The monoisotopic (exact) mass is 322 g/mol. The van der Waals surface area contributed by atoms with Crippen LogP contribution in [0.2, 0.25) is 0 Å². The third-order valence-corrected chi connectivity index (χ3v) is 3.82. The molecule has 5 heteroatoms. The minimum absolute atomic E-state index is 0.400. The van der Waals surface area contributed by atoms with Gasteiger partial charge in [0, 0.05) is 23.1 Å². The summed E-state index contributed by atoms with van der Waals surface area (Å²) in [6.07, 6.45) is 4.20. The van der Waals surface area contributed by atoms with Crippen molar-refractivity contribution in [2.24, 2.45) is 0 Å². The zero-order valence-electron chi connectivity index (χ0n) is 10.4. The second-order valence-corrected chi connectivity index (χ2v) is 5.53. The van der Waals surface area contributed by atoms with Crippen molar-refractivity contribution in [3.63, 3.8) is 0 Å². The van der Waals surface area contributed by atoms with Gasteiger partial charge in [-0.3, -0.25) is 0 Å². The van der Waals surface area contributed by atoms with Gasteiger partial charge in [-0.2, -0.15) is 0 Å². The van der Waals surface area contributed by atoms with Crippen molar-refractivity contribution in [3.05, 3.63) is 46.3 Å². The topological polar surface area (TPSA) is 47.3 Å². The Bertz CT molecular complexity index is 538. The molecule has 4 nitrogen and oxygen atoms in total. The molecule has 1 aliphatic carbocycles. The Balaban J connectivity index is 1.62. The summed E-state index contributed by atoms with van der Waals surface area (Å²) in [4.78, 5) is 0. The first-order valence-corrected chi connectivity index (χ1v) is 7.15. The highest BCUT2D eigenvalue weighted by molar-refractivity contribution is 9.10. The van der Waals surface area contributed by atoms with E-state index in [2.05, 4.69) is 32.5 Å². The molecule has 1 aromatic heterocycles. The molecule has 0 saturated heterocycles. The zero-order chi connectivity index (χ0) is 13.1. The van der Waals surface area contributed by atoms with Gasteiger partial charge in [-0.05, 0) is 36.6 Å². The molecule has 1 aromatic carbocycles. The predicted molar refractivity (Wildman–Crippen MR) is 74.8 cm³/mol. The third kappa shape index (κ3) is 3.58. The fraction of sp³-hybridized carbons (Fsp3) is 0.357.